The van der Waals surface area contributed by atoms with Crippen LogP contribution in [0.3, 0.4) is 0 Å². The SMILES string of the molecule is O=C(c1cccs1)N1CCN(C(=O)C2CCS(=O)(=O)C2)CC1. The molecule has 3 heterocycles. The minimum atomic E-state index is -3.04. The number of amides is 2. The lowest BCUT2D eigenvalue weighted by atomic mass is 10.1. The summed E-state index contributed by atoms with van der Waals surface area (Å²) in [6.07, 6.45) is 0.426. The van der Waals surface area contributed by atoms with Gasteiger partial charge in [0.2, 0.25) is 5.91 Å². The quantitative estimate of drug-likeness (QED) is 0.783. The van der Waals surface area contributed by atoms with E-state index in [1.807, 2.05) is 11.4 Å². The molecule has 2 fully saturated rings. The van der Waals surface area contributed by atoms with Gasteiger partial charge in [-0.3, -0.25) is 9.59 Å². The zero-order chi connectivity index (χ0) is 15.7. The van der Waals surface area contributed by atoms with E-state index >= 15 is 0 Å². The third-order valence-corrected chi connectivity index (χ3v) is 6.82. The van der Waals surface area contributed by atoms with E-state index < -0.39 is 15.8 Å². The lowest BCUT2D eigenvalue weighted by molar-refractivity contribution is -0.136. The van der Waals surface area contributed by atoms with Gasteiger partial charge in [0, 0.05) is 26.2 Å². The van der Waals surface area contributed by atoms with Crippen molar-refractivity contribution in [2.24, 2.45) is 5.92 Å². The van der Waals surface area contributed by atoms with Crippen molar-refractivity contribution in [1.82, 2.24) is 9.80 Å². The molecule has 2 aliphatic rings. The fourth-order valence-electron chi connectivity index (χ4n) is 2.93. The van der Waals surface area contributed by atoms with Crippen LogP contribution < -0.4 is 0 Å². The van der Waals surface area contributed by atoms with Crippen molar-refractivity contribution in [1.29, 1.82) is 0 Å². The van der Waals surface area contributed by atoms with Gasteiger partial charge in [-0.25, -0.2) is 8.42 Å². The van der Waals surface area contributed by atoms with Crippen molar-refractivity contribution < 1.29 is 18.0 Å². The van der Waals surface area contributed by atoms with Crippen molar-refractivity contribution in [2.75, 3.05) is 37.7 Å². The van der Waals surface area contributed by atoms with Crippen LogP contribution in [0.15, 0.2) is 17.5 Å². The molecule has 1 aromatic rings. The summed E-state index contributed by atoms with van der Waals surface area (Å²) in [6, 6.07) is 3.64. The van der Waals surface area contributed by atoms with E-state index in [4.69, 9.17) is 0 Å². The van der Waals surface area contributed by atoms with Crippen molar-refractivity contribution in [2.45, 2.75) is 6.42 Å². The molecule has 1 atom stereocenters. The van der Waals surface area contributed by atoms with Crippen LogP contribution in [0.1, 0.15) is 16.1 Å². The van der Waals surface area contributed by atoms with Gasteiger partial charge in [-0.2, -0.15) is 0 Å². The number of nitrogens with zero attached hydrogens (tertiary/aromatic N) is 2. The monoisotopic (exact) mass is 342 g/mol. The van der Waals surface area contributed by atoms with Crippen molar-refractivity contribution in [3.8, 4) is 0 Å². The maximum absolute atomic E-state index is 12.4. The summed E-state index contributed by atoms with van der Waals surface area (Å²) in [5.74, 6) is -0.389. The Labute approximate surface area is 133 Å². The first-order valence-corrected chi connectivity index (χ1v) is 9.98. The fourth-order valence-corrected chi connectivity index (χ4v) is 5.36. The average Bonchev–Trinajstić information content (AvgIpc) is 3.15. The summed E-state index contributed by atoms with van der Waals surface area (Å²) in [6.45, 7) is 1.96. The van der Waals surface area contributed by atoms with E-state index in [0.29, 0.717) is 37.5 Å². The second-order valence-electron chi connectivity index (χ2n) is 5.69. The van der Waals surface area contributed by atoms with Gasteiger partial charge in [0.05, 0.1) is 22.3 Å². The third kappa shape index (κ3) is 3.17. The Kier molecular flexibility index (Phi) is 4.22. The highest BCUT2D eigenvalue weighted by Crippen LogP contribution is 2.22. The Balaban J connectivity index is 1.56. The molecular formula is C14H18N2O4S2. The number of hydrogen-bond acceptors (Lipinski definition) is 5. The highest BCUT2D eigenvalue weighted by atomic mass is 32.2. The summed E-state index contributed by atoms with van der Waals surface area (Å²) in [5.41, 5.74) is 0. The Hall–Kier alpha value is -1.41. The summed E-state index contributed by atoms with van der Waals surface area (Å²) < 4.78 is 23.0. The van der Waals surface area contributed by atoms with Crippen LogP contribution in [0.25, 0.3) is 0 Å². The molecule has 3 rings (SSSR count). The van der Waals surface area contributed by atoms with Gasteiger partial charge < -0.3 is 9.80 Å². The van der Waals surface area contributed by atoms with Gasteiger partial charge in [0.15, 0.2) is 9.84 Å². The highest BCUT2D eigenvalue weighted by molar-refractivity contribution is 7.91. The van der Waals surface area contributed by atoms with Crippen LogP contribution in [-0.4, -0.2) is 67.7 Å². The zero-order valence-electron chi connectivity index (χ0n) is 12.1. The minimum Gasteiger partial charge on any atom is -0.339 e. The molecule has 8 heteroatoms. The number of piperazine rings is 1. The molecule has 2 aliphatic heterocycles. The molecule has 0 spiro atoms. The topological polar surface area (TPSA) is 74.8 Å². The van der Waals surface area contributed by atoms with Crippen molar-refractivity contribution in [3.63, 3.8) is 0 Å². The van der Waals surface area contributed by atoms with E-state index in [2.05, 4.69) is 0 Å². The van der Waals surface area contributed by atoms with Crippen LogP contribution in [0.2, 0.25) is 0 Å². The first-order chi connectivity index (χ1) is 10.5. The number of hydrogen-bond donors (Lipinski definition) is 0. The van der Waals surface area contributed by atoms with E-state index in [9.17, 15) is 18.0 Å². The van der Waals surface area contributed by atoms with Gasteiger partial charge in [-0.1, -0.05) is 6.07 Å². The molecule has 0 N–H and O–H groups in total. The van der Waals surface area contributed by atoms with Gasteiger partial charge in [0.25, 0.3) is 5.91 Å². The zero-order valence-corrected chi connectivity index (χ0v) is 13.7. The normalized spacial score (nSPS) is 24.5. The molecule has 0 aromatic carbocycles. The predicted molar refractivity (Wildman–Crippen MR) is 83.6 cm³/mol. The van der Waals surface area contributed by atoms with Crippen LogP contribution in [-0.2, 0) is 14.6 Å². The summed E-state index contributed by atoms with van der Waals surface area (Å²) in [5, 5.41) is 1.87. The molecule has 22 heavy (non-hydrogen) atoms. The fraction of sp³-hybridized carbons (Fsp3) is 0.571. The molecule has 0 bridgehead atoms. The van der Waals surface area contributed by atoms with Gasteiger partial charge >= 0.3 is 0 Å². The van der Waals surface area contributed by atoms with Crippen molar-refractivity contribution >= 4 is 33.0 Å². The standard InChI is InChI=1S/C14H18N2O4S2/c17-13(11-3-9-22(19,20)10-11)15-4-6-16(7-5-15)14(18)12-2-1-8-21-12/h1-2,8,11H,3-7,9-10H2. The number of carbonyl (C=O) groups is 2. The number of sulfone groups is 1. The molecule has 2 saturated heterocycles. The lowest BCUT2D eigenvalue weighted by Crippen LogP contribution is -2.52. The molecule has 0 saturated carbocycles. The van der Waals surface area contributed by atoms with Gasteiger partial charge in [-0.15, -0.1) is 11.3 Å². The van der Waals surface area contributed by atoms with E-state index in [0.717, 1.165) is 0 Å². The minimum absolute atomic E-state index is 0.00513. The first-order valence-electron chi connectivity index (χ1n) is 7.28. The van der Waals surface area contributed by atoms with Gasteiger partial charge in [-0.05, 0) is 17.9 Å². The largest absolute Gasteiger partial charge is 0.339 e. The first kappa shape index (κ1) is 15.5. The van der Waals surface area contributed by atoms with Crippen LogP contribution >= 0.6 is 11.3 Å². The summed E-state index contributed by atoms with van der Waals surface area (Å²) in [7, 11) is -3.04. The van der Waals surface area contributed by atoms with E-state index in [1.54, 1.807) is 15.9 Å². The maximum atomic E-state index is 12.4. The molecule has 1 unspecified atom stereocenters. The maximum Gasteiger partial charge on any atom is 0.264 e. The molecule has 0 aliphatic carbocycles. The van der Waals surface area contributed by atoms with E-state index in [-0.39, 0.29) is 23.3 Å². The summed E-state index contributed by atoms with van der Waals surface area (Å²) in [4.78, 5) is 28.7. The van der Waals surface area contributed by atoms with Crippen LogP contribution in [0, 0.1) is 5.92 Å². The second kappa shape index (κ2) is 6.00. The summed E-state index contributed by atoms with van der Waals surface area (Å²) >= 11 is 1.41. The Bertz CT molecular complexity index is 661. The third-order valence-electron chi connectivity index (χ3n) is 4.19. The number of thiophene rings is 1. The van der Waals surface area contributed by atoms with Crippen molar-refractivity contribution in [3.05, 3.63) is 22.4 Å². The Morgan fingerprint density at radius 1 is 1.14 bits per heavy atom. The lowest BCUT2D eigenvalue weighted by Gasteiger charge is -2.35. The average molecular weight is 342 g/mol. The molecule has 6 nitrogen and oxygen atoms in total. The molecule has 1 aromatic heterocycles. The second-order valence-corrected chi connectivity index (χ2v) is 8.87. The molecule has 2 amide bonds. The van der Waals surface area contributed by atoms with Crippen LogP contribution in [0.4, 0.5) is 0 Å². The molecule has 120 valence electrons. The van der Waals surface area contributed by atoms with E-state index in [1.165, 1.54) is 11.3 Å². The van der Waals surface area contributed by atoms with Gasteiger partial charge in [0.1, 0.15) is 0 Å². The number of carbonyl (C=O) groups excluding carboxylic acids is 2. The Morgan fingerprint density at radius 2 is 1.82 bits per heavy atom. The smallest absolute Gasteiger partial charge is 0.264 e. The predicted octanol–water partition coefficient (Wildman–Crippen LogP) is 0.467. The molecular weight excluding hydrogens is 324 g/mol. The highest BCUT2D eigenvalue weighted by Gasteiger charge is 2.36. The Morgan fingerprint density at radius 3 is 2.36 bits per heavy atom. The molecule has 0 radical (unpaired) electrons. The number of rotatable bonds is 2. The van der Waals surface area contributed by atoms with Crippen LogP contribution in [0.5, 0.6) is 0 Å².